The maximum atomic E-state index is 11.5. The molecule has 0 N–H and O–H groups in total. The molecule has 6 heteroatoms. The first-order chi connectivity index (χ1) is 8.52. The molecule has 0 unspecified atom stereocenters. The van der Waals surface area contributed by atoms with Crippen LogP contribution in [0.25, 0.3) is 0 Å². The van der Waals surface area contributed by atoms with Crippen LogP contribution in [-0.2, 0) is 22.9 Å². The second kappa shape index (κ2) is 5.40. The van der Waals surface area contributed by atoms with E-state index in [0.717, 1.165) is 25.2 Å². The van der Waals surface area contributed by atoms with E-state index >= 15 is 0 Å². The minimum atomic E-state index is -2.81. The maximum absolute atomic E-state index is 11.5. The van der Waals surface area contributed by atoms with Crippen LogP contribution in [-0.4, -0.2) is 47.5 Å². The molecular weight excluding hydrogens is 250 g/mol. The average Bonchev–Trinajstić information content (AvgIpc) is 2.86. The van der Waals surface area contributed by atoms with E-state index in [1.165, 1.54) is 0 Å². The van der Waals surface area contributed by atoms with Crippen LogP contribution in [0.5, 0.6) is 0 Å². The molecule has 0 amide bonds. The minimum Gasteiger partial charge on any atom is -0.334 e. The van der Waals surface area contributed by atoms with Crippen LogP contribution < -0.4 is 0 Å². The summed E-state index contributed by atoms with van der Waals surface area (Å²) in [4.78, 5) is 6.46. The van der Waals surface area contributed by atoms with Crippen LogP contribution in [0.15, 0.2) is 12.4 Å². The van der Waals surface area contributed by atoms with Crippen LogP contribution in [0.1, 0.15) is 25.6 Å². The number of sulfone groups is 1. The first-order valence-electron chi connectivity index (χ1n) is 6.42. The van der Waals surface area contributed by atoms with Gasteiger partial charge in [-0.1, -0.05) is 6.92 Å². The number of aryl methyl sites for hydroxylation is 1. The zero-order valence-corrected chi connectivity index (χ0v) is 11.9. The highest BCUT2D eigenvalue weighted by molar-refractivity contribution is 7.91. The summed E-state index contributed by atoms with van der Waals surface area (Å²) >= 11 is 0. The largest absolute Gasteiger partial charge is 0.334 e. The minimum absolute atomic E-state index is 0.141. The van der Waals surface area contributed by atoms with E-state index in [9.17, 15) is 8.42 Å². The Morgan fingerprint density at radius 3 is 2.94 bits per heavy atom. The predicted octanol–water partition coefficient (Wildman–Crippen LogP) is 0.912. The fourth-order valence-electron chi connectivity index (χ4n) is 2.41. The van der Waals surface area contributed by atoms with Gasteiger partial charge in [-0.3, -0.25) is 4.90 Å². The molecule has 1 aromatic heterocycles. The fourth-order valence-corrected chi connectivity index (χ4v) is 4.22. The van der Waals surface area contributed by atoms with Crippen molar-refractivity contribution in [3.63, 3.8) is 0 Å². The Hall–Kier alpha value is -0.880. The second-order valence-corrected chi connectivity index (χ2v) is 7.24. The summed E-state index contributed by atoms with van der Waals surface area (Å²) in [7, 11) is -0.826. The van der Waals surface area contributed by atoms with Crippen LogP contribution in [0, 0.1) is 0 Å². The van der Waals surface area contributed by atoms with Gasteiger partial charge in [-0.25, -0.2) is 13.4 Å². The van der Waals surface area contributed by atoms with E-state index in [1.54, 1.807) is 0 Å². The van der Waals surface area contributed by atoms with E-state index in [-0.39, 0.29) is 11.8 Å². The summed E-state index contributed by atoms with van der Waals surface area (Å²) in [6, 6.07) is 0.141. The lowest BCUT2D eigenvalue weighted by Gasteiger charge is -2.22. The molecule has 0 bridgehead atoms. The average molecular weight is 271 g/mol. The van der Waals surface area contributed by atoms with Gasteiger partial charge in [-0.15, -0.1) is 0 Å². The molecule has 18 heavy (non-hydrogen) atoms. The van der Waals surface area contributed by atoms with Crippen molar-refractivity contribution in [2.75, 3.05) is 18.6 Å². The van der Waals surface area contributed by atoms with Crippen molar-refractivity contribution in [1.82, 2.24) is 14.5 Å². The molecule has 0 saturated carbocycles. The van der Waals surface area contributed by atoms with Crippen LogP contribution in [0.4, 0.5) is 0 Å². The van der Waals surface area contributed by atoms with Gasteiger partial charge in [-0.05, 0) is 19.9 Å². The number of hydrogen-bond donors (Lipinski definition) is 0. The number of aromatic nitrogens is 2. The molecule has 0 aromatic carbocycles. The quantitative estimate of drug-likeness (QED) is 0.799. The molecule has 1 aliphatic heterocycles. The smallest absolute Gasteiger partial charge is 0.151 e. The Kier molecular flexibility index (Phi) is 4.07. The van der Waals surface area contributed by atoms with E-state index < -0.39 is 9.84 Å². The van der Waals surface area contributed by atoms with Gasteiger partial charge in [0, 0.05) is 25.0 Å². The highest BCUT2D eigenvalue weighted by atomic mass is 32.2. The van der Waals surface area contributed by atoms with Crippen molar-refractivity contribution in [1.29, 1.82) is 0 Å². The zero-order chi connectivity index (χ0) is 13.2. The third kappa shape index (κ3) is 3.11. The molecule has 102 valence electrons. The topological polar surface area (TPSA) is 55.2 Å². The van der Waals surface area contributed by atoms with Crippen LogP contribution >= 0.6 is 0 Å². The van der Waals surface area contributed by atoms with Gasteiger partial charge in [0.1, 0.15) is 5.82 Å². The molecule has 1 saturated heterocycles. The normalized spacial score (nSPS) is 22.7. The standard InChI is InChI=1S/C12H21N3O2S/c1-3-6-15-7-5-13-12(15)9-14(2)11-4-8-18(16,17)10-11/h5,7,11H,3-4,6,8-10H2,1-2H3/t11-/m0/s1. The van der Waals surface area contributed by atoms with Gasteiger partial charge < -0.3 is 4.57 Å². The molecule has 1 fully saturated rings. The number of nitrogens with zero attached hydrogens (tertiary/aromatic N) is 3. The summed E-state index contributed by atoms with van der Waals surface area (Å²) in [5.74, 6) is 1.63. The Morgan fingerprint density at radius 2 is 2.33 bits per heavy atom. The Bertz CT molecular complexity index is 495. The fraction of sp³-hybridized carbons (Fsp3) is 0.750. The molecule has 0 spiro atoms. The number of rotatable bonds is 5. The second-order valence-electron chi connectivity index (χ2n) is 5.01. The molecule has 2 rings (SSSR count). The SMILES string of the molecule is CCCn1ccnc1CN(C)[C@H]1CCS(=O)(=O)C1. The van der Waals surface area contributed by atoms with Gasteiger partial charge in [-0.2, -0.15) is 0 Å². The van der Waals surface area contributed by atoms with Crippen molar-refractivity contribution in [2.45, 2.75) is 38.9 Å². The molecule has 1 aliphatic rings. The number of hydrogen-bond acceptors (Lipinski definition) is 4. The zero-order valence-electron chi connectivity index (χ0n) is 11.0. The predicted molar refractivity (Wildman–Crippen MR) is 71.0 cm³/mol. The number of imidazole rings is 1. The summed E-state index contributed by atoms with van der Waals surface area (Å²) in [6.07, 6.45) is 5.61. The molecule has 1 aromatic rings. The summed E-state index contributed by atoms with van der Waals surface area (Å²) in [5.41, 5.74) is 0. The van der Waals surface area contributed by atoms with E-state index in [2.05, 4.69) is 21.4 Å². The van der Waals surface area contributed by atoms with Crippen molar-refractivity contribution >= 4 is 9.84 Å². The van der Waals surface area contributed by atoms with Crippen LogP contribution in [0.2, 0.25) is 0 Å². The summed E-state index contributed by atoms with van der Waals surface area (Å²) in [6.45, 7) is 3.82. The monoisotopic (exact) mass is 271 g/mol. The van der Waals surface area contributed by atoms with E-state index in [1.807, 2.05) is 19.4 Å². The van der Waals surface area contributed by atoms with Crippen molar-refractivity contribution in [2.24, 2.45) is 0 Å². The molecule has 5 nitrogen and oxygen atoms in total. The lowest BCUT2D eigenvalue weighted by Crippen LogP contribution is -2.33. The van der Waals surface area contributed by atoms with Crippen molar-refractivity contribution in [3.05, 3.63) is 18.2 Å². The summed E-state index contributed by atoms with van der Waals surface area (Å²) in [5, 5.41) is 0. The Morgan fingerprint density at radius 1 is 1.56 bits per heavy atom. The lowest BCUT2D eigenvalue weighted by molar-refractivity contribution is 0.244. The van der Waals surface area contributed by atoms with Crippen molar-refractivity contribution in [3.8, 4) is 0 Å². The highest BCUT2D eigenvalue weighted by Crippen LogP contribution is 2.18. The molecule has 1 atom stereocenters. The Labute approximate surface area is 109 Å². The molecule has 2 heterocycles. The Balaban J connectivity index is 1.99. The van der Waals surface area contributed by atoms with Crippen LogP contribution in [0.3, 0.4) is 0 Å². The maximum Gasteiger partial charge on any atom is 0.151 e. The molecule has 0 aliphatic carbocycles. The lowest BCUT2D eigenvalue weighted by atomic mass is 10.2. The molecule has 0 radical (unpaired) electrons. The van der Waals surface area contributed by atoms with Crippen molar-refractivity contribution < 1.29 is 8.42 Å². The van der Waals surface area contributed by atoms with Gasteiger partial charge >= 0.3 is 0 Å². The highest BCUT2D eigenvalue weighted by Gasteiger charge is 2.30. The molecular formula is C12H21N3O2S. The third-order valence-corrected chi connectivity index (χ3v) is 5.24. The third-order valence-electron chi connectivity index (χ3n) is 3.49. The van der Waals surface area contributed by atoms with Gasteiger partial charge in [0.15, 0.2) is 9.84 Å². The first kappa shape index (κ1) is 13.5. The van der Waals surface area contributed by atoms with Gasteiger partial charge in [0.05, 0.1) is 18.1 Å². The summed E-state index contributed by atoms with van der Waals surface area (Å²) < 4.78 is 25.1. The van der Waals surface area contributed by atoms with Gasteiger partial charge in [0.2, 0.25) is 0 Å². The van der Waals surface area contributed by atoms with Gasteiger partial charge in [0.25, 0.3) is 0 Å². The first-order valence-corrected chi connectivity index (χ1v) is 8.24. The van der Waals surface area contributed by atoms with E-state index in [4.69, 9.17) is 0 Å². The van der Waals surface area contributed by atoms with E-state index in [0.29, 0.717) is 12.3 Å².